The molecular formula is C10H10BrNO2. The molecule has 1 aromatic carbocycles. The molecule has 14 heavy (non-hydrogen) atoms. The van der Waals surface area contributed by atoms with Crippen molar-refractivity contribution in [3.05, 3.63) is 21.7 Å². The highest BCUT2D eigenvalue weighted by Gasteiger charge is 2.21. The number of carbonyl (C=O) groups excluding carboxylic acids is 1. The first kappa shape index (κ1) is 9.52. The molecule has 0 spiro atoms. The fraction of sp³-hybridized carbons (Fsp3) is 0.300. The smallest absolute Gasteiger partial charge is 0.262 e. The molecule has 0 unspecified atom stereocenters. The maximum atomic E-state index is 11.1. The number of aryl methyl sites for hydroxylation is 1. The Morgan fingerprint density at radius 3 is 2.93 bits per heavy atom. The third-order valence-electron chi connectivity index (χ3n) is 2.27. The molecule has 4 heteroatoms. The second kappa shape index (κ2) is 3.28. The fourth-order valence-corrected chi connectivity index (χ4v) is 2.04. The number of halogens is 1. The molecule has 1 aliphatic heterocycles. The largest absolute Gasteiger partial charge is 0.481 e. The van der Waals surface area contributed by atoms with Crippen LogP contribution in [0, 0.1) is 13.8 Å². The van der Waals surface area contributed by atoms with Gasteiger partial charge in [0.25, 0.3) is 5.91 Å². The van der Waals surface area contributed by atoms with Crippen LogP contribution in [0.4, 0.5) is 5.69 Å². The van der Waals surface area contributed by atoms with Crippen molar-refractivity contribution in [2.75, 3.05) is 11.9 Å². The number of benzene rings is 1. The standard InChI is InChI=1S/C10H10BrNO2/c1-5-3-7(11)6(2)9-10(5)14-4-8(13)12-9/h3H,4H2,1-2H3,(H,12,13). The molecule has 0 aromatic heterocycles. The molecule has 0 aliphatic carbocycles. The molecule has 74 valence electrons. The predicted molar refractivity (Wildman–Crippen MR) is 57.7 cm³/mol. The van der Waals surface area contributed by atoms with Crippen molar-refractivity contribution >= 4 is 27.5 Å². The van der Waals surface area contributed by atoms with Gasteiger partial charge in [-0.3, -0.25) is 4.79 Å². The van der Waals surface area contributed by atoms with E-state index in [4.69, 9.17) is 4.74 Å². The highest BCUT2D eigenvalue weighted by Crippen LogP contribution is 2.38. The molecular weight excluding hydrogens is 246 g/mol. The monoisotopic (exact) mass is 255 g/mol. The van der Waals surface area contributed by atoms with Crippen LogP contribution in [0.5, 0.6) is 5.75 Å². The van der Waals surface area contributed by atoms with Gasteiger partial charge < -0.3 is 10.1 Å². The van der Waals surface area contributed by atoms with Crippen molar-refractivity contribution in [3.8, 4) is 5.75 Å². The zero-order valence-electron chi connectivity index (χ0n) is 7.98. The van der Waals surface area contributed by atoms with Crippen LogP contribution >= 0.6 is 15.9 Å². The summed E-state index contributed by atoms with van der Waals surface area (Å²) in [6.07, 6.45) is 0. The Morgan fingerprint density at radius 2 is 2.21 bits per heavy atom. The summed E-state index contributed by atoms with van der Waals surface area (Å²) in [4.78, 5) is 11.1. The molecule has 1 aliphatic rings. The van der Waals surface area contributed by atoms with Gasteiger partial charge in [0.2, 0.25) is 0 Å². The summed E-state index contributed by atoms with van der Waals surface area (Å²) in [5.41, 5.74) is 2.81. The highest BCUT2D eigenvalue weighted by atomic mass is 79.9. The van der Waals surface area contributed by atoms with Crippen molar-refractivity contribution in [1.29, 1.82) is 0 Å². The lowest BCUT2D eigenvalue weighted by Crippen LogP contribution is -2.26. The number of nitrogens with one attached hydrogen (secondary N) is 1. The maximum absolute atomic E-state index is 11.1. The van der Waals surface area contributed by atoms with Crippen LogP contribution in [0.15, 0.2) is 10.5 Å². The van der Waals surface area contributed by atoms with Gasteiger partial charge >= 0.3 is 0 Å². The Bertz CT molecular complexity index is 415. The topological polar surface area (TPSA) is 38.3 Å². The summed E-state index contributed by atoms with van der Waals surface area (Å²) in [5, 5.41) is 2.82. The van der Waals surface area contributed by atoms with E-state index in [-0.39, 0.29) is 12.5 Å². The number of rotatable bonds is 0. The quantitative estimate of drug-likeness (QED) is 0.774. The first-order valence-corrected chi connectivity index (χ1v) is 5.11. The number of amides is 1. The summed E-state index contributed by atoms with van der Waals surface area (Å²) in [7, 11) is 0. The maximum Gasteiger partial charge on any atom is 0.262 e. The second-order valence-electron chi connectivity index (χ2n) is 3.34. The Morgan fingerprint density at radius 1 is 1.50 bits per heavy atom. The minimum absolute atomic E-state index is 0.0990. The molecule has 2 rings (SSSR count). The minimum Gasteiger partial charge on any atom is -0.481 e. The van der Waals surface area contributed by atoms with E-state index in [9.17, 15) is 4.79 Å². The van der Waals surface area contributed by atoms with Crippen molar-refractivity contribution in [3.63, 3.8) is 0 Å². The van der Waals surface area contributed by atoms with E-state index in [0.29, 0.717) is 0 Å². The molecule has 1 amide bonds. The predicted octanol–water partition coefficient (Wildman–Crippen LogP) is 2.40. The summed E-state index contributed by atoms with van der Waals surface area (Å²) in [6.45, 7) is 4.01. The number of hydrogen-bond donors (Lipinski definition) is 1. The van der Waals surface area contributed by atoms with Gasteiger partial charge in [-0.15, -0.1) is 0 Å². The normalized spacial score (nSPS) is 14.4. The molecule has 1 N–H and O–H groups in total. The lowest BCUT2D eigenvalue weighted by atomic mass is 10.1. The van der Waals surface area contributed by atoms with E-state index < -0.39 is 0 Å². The molecule has 0 fully saturated rings. The lowest BCUT2D eigenvalue weighted by Gasteiger charge is -2.22. The molecule has 1 aromatic rings. The average Bonchev–Trinajstić information content (AvgIpc) is 2.14. The highest BCUT2D eigenvalue weighted by molar-refractivity contribution is 9.10. The van der Waals surface area contributed by atoms with Crippen LogP contribution in [0.25, 0.3) is 0 Å². The van der Waals surface area contributed by atoms with Gasteiger partial charge in [0, 0.05) is 4.47 Å². The summed E-state index contributed by atoms with van der Waals surface area (Å²) >= 11 is 3.44. The van der Waals surface area contributed by atoms with Crippen LogP contribution in [0.2, 0.25) is 0 Å². The van der Waals surface area contributed by atoms with E-state index >= 15 is 0 Å². The fourth-order valence-electron chi connectivity index (χ4n) is 1.50. The van der Waals surface area contributed by atoms with Crippen molar-refractivity contribution in [2.45, 2.75) is 13.8 Å². The first-order valence-electron chi connectivity index (χ1n) is 4.32. The van der Waals surface area contributed by atoms with Gasteiger partial charge in [0.05, 0.1) is 5.69 Å². The zero-order valence-corrected chi connectivity index (χ0v) is 9.56. The number of carbonyl (C=O) groups is 1. The van der Waals surface area contributed by atoms with E-state index in [1.54, 1.807) is 0 Å². The van der Waals surface area contributed by atoms with Gasteiger partial charge in [-0.1, -0.05) is 15.9 Å². The minimum atomic E-state index is -0.0990. The third kappa shape index (κ3) is 1.39. The van der Waals surface area contributed by atoms with Crippen molar-refractivity contribution in [2.24, 2.45) is 0 Å². The van der Waals surface area contributed by atoms with Gasteiger partial charge in [0.15, 0.2) is 6.61 Å². The number of hydrogen-bond acceptors (Lipinski definition) is 2. The molecule has 0 saturated heterocycles. The van der Waals surface area contributed by atoms with Gasteiger partial charge in [0.1, 0.15) is 5.75 Å². The second-order valence-corrected chi connectivity index (χ2v) is 4.20. The summed E-state index contributed by atoms with van der Waals surface area (Å²) in [6, 6.07) is 1.99. The van der Waals surface area contributed by atoms with E-state index in [0.717, 1.165) is 27.0 Å². The average molecular weight is 256 g/mol. The molecule has 0 radical (unpaired) electrons. The number of fused-ring (bicyclic) bond motifs is 1. The molecule has 1 heterocycles. The number of ether oxygens (including phenoxy) is 1. The van der Waals surface area contributed by atoms with Crippen LogP contribution in [-0.2, 0) is 4.79 Å². The third-order valence-corrected chi connectivity index (χ3v) is 3.10. The molecule has 0 bridgehead atoms. The Hall–Kier alpha value is -1.03. The Kier molecular flexibility index (Phi) is 2.23. The van der Waals surface area contributed by atoms with Gasteiger partial charge in [-0.05, 0) is 31.0 Å². The van der Waals surface area contributed by atoms with Crippen molar-refractivity contribution < 1.29 is 9.53 Å². The van der Waals surface area contributed by atoms with Crippen LogP contribution in [0.3, 0.4) is 0 Å². The summed E-state index contributed by atoms with van der Waals surface area (Å²) in [5.74, 6) is 0.684. The van der Waals surface area contributed by atoms with E-state index in [2.05, 4.69) is 21.2 Å². The van der Waals surface area contributed by atoms with E-state index in [1.165, 1.54) is 0 Å². The van der Waals surface area contributed by atoms with Gasteiger partial charge in [-0.2, -0.15) is 0 Å². The Labute approximate surface area is 90.6 Å². The first-order chi connectivity index (χ1) is 6.59. The van der Waals surface area contributed by atoms with Crippen molar-refractivity contribution in [1.82, 2.24) is 0 Å². The van der Waals surface area contributed by atoms with Crippen LogP contribution < -0.4 is 10.1 Å². The van der Waals surface area contributed by atoms with Crippen LogP contribution in [0.1, 0.15) is 11.1 Å². The SMILES string of the molecule is Cc1cc(Br)c(C)c2c1OCC(=O)N2. The lowest BCUT2D eigenvalue weighted by molar-refractivity contribution is -0.118. The zero-order chi connectivity index (χ0) is 10.3. The van der Waals surface area contributed by atoms with E-state index in [1.807, 2.05) is 19.9 Å². The van der Waals surface area contributed by atoms with Gasteiger partial charge in [-0.25, -0.2) is 0 Å². The van der Waals surface area contributed by atoms with Crippen LogP contribution in [-0.4, -0.2) is 12.5 Å². The molecule has 3 nitrogen and oxygen atoms in total. The molecule has 0 atom stereocenters. The number of anilines is 1. The molecule has 0 saturated carbocycles. The summed E-state index contributed by atoms with van der Waals surface area (Å²) < 4.78 is 6.36. The Balaban J connectivity index is 2.63.